The first-order valence-electron chi connectivity index (χ1n) is 9.35. The van der Waals surface area contributed by atoms with Crippen molar-refractivity contribution in [1.29, 1.82) is 0 Å². The van der Waals surface area contributed by atoms with Gasteiger partial charge >= 0.3 is 0 Å². The average Bonchev–Trinajstić information content (AvgIpc) is 2.63. The van der Waals surface area contributed by atoms with Gasteiger partial charge < -0.3 is 21.1 Å². The molecular weight excluding hydrogens is 396 g/mol. The highest BCUT2D eigenvalue weighted by Gasteiger charge is 2.19. The van der Waals surface area contributed by atoms with Gasteiger partial charge in [-0.15, -0.1) is 0 Å². The molecule has 0 aromatic heterocycles. The molecule has 0 saturated heterocycles. The van der Waals surface area contributed by atoms with E-state index in [1.165, 1.54) is 0 Å². The second kappa shape index (κ2) is 11.2. The molecule has 1 aromatic rings. The first kappa shape index (κ1) is 20.7. The quantitative estimate of drug-likeness (QED) is 0.307. The van der Waals surface area contributed by atoms with Crippen molar-refractivity contribution < 1.29 is 9.90 Å². The lowest BCUT2D eigenvalue weighted by molar-refractivity contribution is 0.0953. The summed E-state index contributed by atoms with van der Waals surface area (Å²) in [6.45, 7) is 4.08. The number of guanidine groups is 1. The SMILES string of the molecule is CCNC(=NCCCNC(=O)c1cccc(Br)c1)NC1CCC(O)CC1. The van der Waals surface area contributed by atoms with E-state index in [9.17, 15) is 9.90 Å². The molecule has 0 radical (unpaired) electrons. The maximum absolute atomic E-state index is 12.1. The van der Waals surface area contributed by atoms with Crippen LogP contribution in [0, 0.1) is 0 Å². The van der Waals surface area contributed by atoms with Crippen molar-refractivity contribution in [1.82, 2.24) is 16.0 Å². The maximum Gasteiger partial charge on any atom is 0.251 e. The van der Waals surface area contributed by atoms with Crippen molar-refractivity contribution in [3.8, 4) is 0 Å². The predicted octanol–water partition coefficient (Wildman–Crippen LogP) is 2.43. The van der Waals surface area contributed by atoms with Crippen LogP contribution in [0.3, 0.4) is 0 Å². The Labute approximate surface area is 164 Å². The molecule has 0 aliphatic heterocycles. The Hall–Kier alpha value is -1.60. The van der Waals surface area contributed by atoms with Gasteiger partial charge in [0.2, 0.25) is 0 Å². The summed E-state index contributed by atoms with van der Waals surface area (Å²) in [5.74, 6) is 0.744. The van der Waals surface area contributed by atoms with Gasteiger partial charge in [-0.3, -0.25) is 9.79 Å². The van der Waals surface area contributed by atoms with Gasteiger partial charge in [-0.1, -0.05) is 22.0 Å². The normalized spacial score (nSPS) is 20.5. The third kappa shape index (κ3) is 7.33. The van der Waals surface area contributed by atoms with Crippen molar-refractivity contribution in [2.24, 2.45) is 4.99 Å². The van der Waals surface area contributed by atoms with Crippen LogP contribution in [0.1, 0.15) is 49.4 Å². The van der Waals surface area contributed by atoms with Gasteiger partial charge in [0.05, 0.1) is 6.10 Å². The van der Waals surface area contributed by atoms with Crippen molar-refractivity contribution in [3.63, 3.8) is 0 Å². The highest BCUT2D eigenvalue weighted by Crippen LogP contribution is 2.18. The number of nitrogens with zero attached hydrogens (tertiary/aromatic N) is 1. The van der Waals surface area contributed by atoms with E-state index >= 15 is 0 Å². The second-order valence-electron chi connectivity index (χ2n) is 6.53. The zero-order chi connectivity index (χ0) is 18.8. The fraction of sp³-hybridized carbons (Fsp3) is 0.579. The van der Waals surface area contributed by atoms with Crippen LogP contribution in [0.4, 0.5) is 0 Å². The monoisotopic (exact) mass is 424 g/mol. The third-order valence-electron chi connectivity index (χ3n) is 4.36. The minimum Gasteiger partial charge on any atom is -0.393 e. The van der Waals surface area contributed by atoms with E-state index in [4.69, 9.17) is 0 Å². The number of aliphatic hydroxyl groups excluding tert-OH is 1. The molecule has 1 aliphatic carbocycles. The molecule has 144 valence electrons. The second-order valence-corrected chi connectivity index (χ2v) is 7.45. The molecule has 0 bridgehead atoms. The van der Waals surface area contributed by atoms with Crippen LogP contribution in [0.25, 0.3) is 0 Å². The van der Waals surface area contributed by atoms with Gasteiger partial charge in [0, 0.05) is 35.7 Å². The number of rotatable bonds is 7. The largest absolute Gasteiger partial charge is 0.393 e. The number of hydrogen-bond donors (Lipinski definition) is 4. The number of aliphatic hydroxyl groups is 1. The van der Waals surface area contributed by atoms with Crippen molar-refractivity contribution >= 4 is 27.8 Å². The molecule has 2 rings (SSSR count). The van der Waals surface area contributed by atoms with Crippen LogP contribution in [-0.4, -0.2) is 48.8 Å². The van der Waals surface area contributed by atoms with Crippen molar-refractivity contribution in [2.75, 3.05) is 19.6 Å². The van der Waals surface area contributed by atoms with Crippen LogP contribution >= 0.6 is 15.9 Å². The summed E-state index contributed by atoms with van der Waals surface area (Å²) in [6.07, 6.45) is 4.25. The minimum absolute atomic E-state index is 0.0684. The standard InChI is InChI=1S/C19H29BrN4O2/c1-2-21-19(24-16-7-9-17(25)10-8-16)23-12-4-11-22-18(26)14-5-3-6-15(20)13-14/h3,5-6,13,16-17,25H,2,4,7-12H2,1H3,(H,22,26)(H2,21,23,24). The van der Waals surface area contributed by atoms with E-state index in [1.807, 2.05) is 25.1 Å². The lowest BCUT2D eigenvalue weighted by atomic mass is 9.93. The molecule has 0 spiro atoms. The van der Waals surface area contributed by atoms with Crippen molar-refractivity contribution in [3.05, 3.63) is 34.3 Å². The number of carbonyl (C=O) groups is 1. The highest BCUT2D eigenvalue weighted by atomic mass is 79.9. The summed E-state index contributed by atoms with van der Waals surface area (Å²) < 4.78 is 0.895. The number of aliphatic imine (C=N–C) groups is 1. The number of halogens is 1. The fourth-order valence-corrected chi connectivity index (χ4v) is 3.34. The van der Waals surface area contributed by atoms with Crippen LogP contribution in [0.5, 0.6) is 0 Å². The Bertz CT molecular complexity index is 601. The van der Waals surface area contributed by atoms with Crippen molar-refractivity contribution in [2.45, 2.75) is 51.2 Å². The van der Waals surface area contributed by atoms with Gasteiger partial charge in [-0.25, -0.2) is 0 Å². The third-order valence-corrected chi connectivity index (χ3v) is 4.85. The molecule has 4 N–H and O–H groups in total. The van der Waals surface area contributed by atoms with E-state index in [1.54, 1.807) is 6.07 Å². The molecule has 0 atom stereocenters. The predicted molar refractivity (Wildman–Crippen MR) is 108 cm³/mol. The molecule has 1 saturated carbocycles. The molecule has 1 aromatic carbocycles. The maximum atomic E-state index is 12.1. The molecular formula is C19H29BrN4O2. The lowest BCUT2D eigenvalue weighted by Gasteiger charge is -2.27. The van der Waals surface area contributed by atoms with Crippen LogP contribution in [0.15, 0.2) is 33.7 Å². The molecule has 1 fully saturated rings. The lowest BCUT2D eigenvalue weighted by Crippen LogP contribution is -2.45. The zero-order valence-electron chi connectivity index (χ0n) is 15.3. The summed E-state index contributed by atoms with van der Waals surface area (Å²) >= 11 is 3.37. The average molecular weight is 425 g/mol. The first-order valence-corrected chi connectivity index (χ1v) is 10.1. The summed E-state index contributed by atoms with van der Waals surface area (Å²) in [6, 6.07) is 7.72. The highest BCUT2D eigenvalue weighted by molar-refractivity contribution is 9.10. The van der Waals surface area contributed by atoms with Gasteiger partial charge in [0.1, 0.15) is 0 Å². The molecule has 0 heterocycles. The number of carbonyl (C=O) groups excluding carboxylic acids is 1. The molecule has 26 heavy (non-hydrogen) atoms. The number of hydrogen-bond acceptors (Lipinski definition) is 3. The summed E-state index contributed by atoms with van der Waals surface area (Å²) in [5.41, 5.74) is 0.650. The fourth-order valence-electron chi connectivity index (χ4n) is 2.94. The Morgan fingerprint density at radius 2 is 2.04 bits per heavy atom. The number of amides is 1. The molecule has 7 heteroatoms. The van der Waals surface area contributed by atoms with E-state index in [-0.39, 0.29) is 12.0 Å². The molecule has 0 unspecified atom stereocenters. The van der Waals surface area contributed by atoms with Gasteiger partial charge in [0.25, 0.3) is 5.91 Å². The smallest absolute Gasteiger partial charge is 0.251 e. The molecule has 1 amide bonds. The van der Waals surface area contributed by atoms with Crippen LogP contribution in [0.2, 0.25) is 0 Å². The zero-order valence-corrected chi connectivity index (χ0v) is 16.9. The Kier molecular flexibility index (Phi) is 8.91. The summed E-state index contributed by atoms with van der Waals surface area (Å²) in [4.78, 5) is 16.7. The first-order chi connectivity index (χ1) is 12.6. The van der Waals surface area contributed by atoms with E-state index in [2.05, 4.69) is 36.9 Å². The minimum atomic E-state index is -0.151. The van der Waals surface area contributed by atoms with Gasteiger partial charge in [-0.2, -0.15) is 0 Å². The molecule has 6 nitrogen and oxygen atoms in total. The Morgan fingerprint density at radius 3 is 2.73 bits per heavy atom. The Morgan fingerprint density at radius 1 is 1.27 bits per heavy atom. The number of nitrogens with one attached hydrogen (secondary N) is 3. The molecule has 1 aliphatic rings. The van der Waals surface area contributed by atoms with Gasteiger partial charge in [0.15, 0.2) is 5.96 Å². The topological polar surface area (TPSA) is 85.8 Å². The van der Waals surface area contributed by atoms with E-state index < -0.39 is 0 Å². The van der Waals surface area contributed by atoms with Crippen LogP contribution < -0.4 is 16.0 Å². The number of benzene rings is 1. The summed E-state index contributed by atoms with van der Waals surface area (Å²) in [5, 5.41) is 19.2. The van der Waals surface area contributed by atoms with Crippen LogP contribution in [-0.2, 0) is 0 Å². The van der Waals surface area contributed by atoms with Gasteiger partial charge in [-0.05, 0) is 57.2 Å². The van der Waals surface area contributed by atoms with E-state index in [0.717, 1.165) is 49.1 Å². The summed E-state index contributed by atoms with van der Waals surface area (Å²) in [7, 11) is 0. The Balaban J connectivity index is 1.71. The van der Waals surface area contributed by atoms with E-state index in [0.29, 0.717) is 24.7 Å².